The van der Waals surface area contributed by atoms with E-state index < -0.39 is 0 Å². The van der Waals surface area contributed by atoms with Crippen molar-refractivity contribution in [2.24, 2.45) is 0 Å². The van der Waals surface area contributed by atoms with Crippen LogP contribution in [0.25, 0.3) is 10.9 Å². The number of carbonyl (C=O) groups excluding carboxylic acids is 1. The third-order valence-electron chi connectivity index (χ3n) is 5.70. The van der Waals surface area contributed by atoms with Gasteiger partial charge in [-0.3, -0.25) is 14.2 Å². The molecular formula is C22H27N5O2S2. The maximum atomic E-state index is 12.7. The summed E-state index contributed by atoms with van der Waals surface area (Å²) in [6.07, 6.45) is 5.88. The molecule has 0 aliphatic carbocycles. The molecule has 7 nitrogen and oxygen atoms in total. The first kappa shape index (κ1) is 21.7. The Kier molecular flexibility index (Phi) is 7.14. The van der Waals surface area contributed by atoms with E-state index in [1.165, 1.54) is 0 Å². The fraction of sp³-hybridized carbons (Fsp3) is 0.455. The Labute approximate surface area is 190 Å². The van der Waals surface area contributed by atoms with E-state index in [1.54, 1.807) is 15.9 Å². The first-order valence-corrected chi connectivity index (χ1v) is 12.1. The van der Waals surface area contributed by atoms with Crippen LogP contribution in [0.1, 0.15) is 32.1 Å². The zero-order valence-electron chi connectivity index (χ0n) is 17.5. The average molecular weight is 458 g/mol. The summed E-state index contributed by atoms with van der Waals surface area (Å²) in [5, 5.41) is 3.68. The van der Waals surface area contributed by atoms with E-state index in [2.05, 4.69) is 14.9 Å². The minimum Gasteiger partial charge on any atom is -0.346 e. The van der Waals surface area contributed by atoms with Crippen LogP contribution >= 0.6 is 23.6 Å². The monoisotopic (exact) mass is 457 g/mol. The van der Waals surface area contributed by atoms with Crippen LogP contribution in [-0.2, 0) is 11.3 Å². The SMILES string of the molecule is O=C(CCCCCn1c(=S)[nH]c2ccccc2c1=O)N1CCCN(c2nccs2)CC1. The van der Waals surface area contributed by atoms with Gasteiger partial charge in [0.25, 0.3) is 5.56 Å². The number of fused-ring (bicyclic) bond motifs is 1. The van der Waals surface area contributed by atoms with Crippen molar-refractivity contribution in [3.05, 3.63) is 51.0 Å². The number of benzene rings is 1. The van der Waals surface area contributed by atoms with Crippen LogP contribution in [0.3, 0.4) is 0 Å². The standard InChI is InChI=1S/C22H27N5O2S2/c28-19(25-11-6-12-26(15-14-25)22-23-10-16-31-22)9-2-1-5-13-27-20(29)17-7-3-4-8-18(17)24-21(27)30/h3-4,7-8,10,16H,1-2,5-6,9,11-15H2,(H,24,30). The minimum atomic E-state index is -0.0511. The molecule has 31 heavy (non-hydrogen) atoms. The number of anilines is 1. The predicted molar refractivity (Wildman–Crippen MR) is 127 cm³/mol. The number of amides is 1. The van der Waals surface area contributed by atoms with E-state index >= 15 is 0 Å². The highest BCUT2D eigenvalue weighted by atomic mass is 32.1. The summed E-state index contributed by atoms with van der Waals surface area (Å²) < 4.78 is 2.08. The lowest BCUT2D eigenvalue weighted by Gasteiger charge is -2.21. The molecule has 0 saturated carbocycles. The smallest absolute Gasteiger partial charge is 0.262 e. The molecule has 0 spiro atoms. The number of para-hydroxylation sites is 1. The molecule has 1 fully saturated rings. The van der Waals surface area contributed by atoms with Crippen LogP contribution < -0.4 is 10.5 Å². The zero-order chi connectivity index (χ0) is 21.6. The Hall–Kier alpha value is -2.52. The number of aromatic nitrogens is 3. The molecule has 164 valence electrons. The summed E-state index contributed by atoms with van der Waals surface area (Å²) >= 11 is 7.01. The highest BCUT2D eigenvalue weighted by Crippen LogP contribution is 2.19. The quantitative estimate of drug-likeness (QED) is 0.431. The molecular weight excluding hydrogens is 430 g/mol. The van der Waals surface area contributed by atoms with Gasteiger partial charge in [0.2, 0.25) is 5.91 Å². The number of rotatable bonds is 7. The second kappa shape index (κ2) is 10.2. The molecule has 9 heteroatoms. The van der Waals surface area contributed by atoms with Gasteiger partial charge in [-0.25, -0.2) is 4.98 Å². The van der Waals surface area contributed by atoms with Gasteiger partial charge in [0, 0.05) is 50.7 Å². The molecule has 1 aromatic carbocycles. The summed E-state index contributed by atoms with van der Waals surface area (Å²) in [7, 11) is 0. The summed E-state index contributed by atoms with van der Waals surface area (Å²) in [6.45, 7) is 3.91. The van der Waals surface area contributed by atoms with E-state index in [4.69, 9.17) is 12.2 Å². The fourth-order valence-electron chi connectivity index (χ4n) is 4.01. The van der Waals surface area contributed by atoms with E-state index in [0.29, 0.717) is 23.1 Å². The second-order valence-electron chi connectivity index (χ2n) is 7.78. The fourth-order valence-corrected chi connectivity index (χ4v) is 4.99. The third-order valence-corrected chi connectivity index (χ3v) is 6.85. The Morgan fingerprint density at radius 3 is 2.84 bits per heavy atom. The first-order chi connectivity index (χ1) is 15.1. The summed E-state index contributed by atoms with van der Waals surface area (Å²) in [5.41, 5.74) is 0.718. The molecule has 3 aromatic rings. The number of nitrogens with zero attached hydrogens (tertiary/aromatic N) is 4. The molecule has 0 radical (unpaired) electrons. The number of H-pyrrole nitrogens is 1. The Balaban J connectivity index is 1.23. The molecule has 3 heterocycles. The Morgan fingerprint density at radius 2 is 2.00 bits per heavy atom. The van der Waals surface area contributed by atoms with Crippen LogP contribution in [0.15, 0.2) is 40.6 Å². The molecule has 1 aliphatic heterocycles. The molecule has 1 aliphatic rings. The van der Waals surface area contributed by atoms with Crippen LogP contribution in [0.5, 0.6) is 0 Å². The van der Waals surface area contributed by atoms with Gasteiger partial charge >= 0.3 is 0 Å². The van der Waals surface area contributed by atoms with Gasteiger partial charge in [0.1, 0.15) is 0 Å². The Morgan fingerprint density at radius 1 is 1.13 bits per heavy atom. The van der Waals surface area contributed by atoms with Crippen molar-refractivity contribution in [1.29, 1.82) is 0 Å². The molecule has 0 bridgehead atoms. The van der Waals surface area contributed by atoms with Crippen LogP contribution in [-0.4, -0.2) is 51.5 Å². The predicted octanol–water partition coefficient (Wildman–Crippen LogP) is 3.81. The summed E-state index contributed by atoms with van der Waals surface area (Å²) in [4.78, 5) is 37.1. The van der Waals surface area contributed by atoms with Crippen molar-refractivity contribution in [3.8, 4) is 0 Å². The molecule has 1 saturated heterocycles. The lowest BCUT2D eigenvalue weighted by molar-refractivity contribution is -0.131. The maximum Gasteiger partial charge on any atom is 0.262 e. The van der Waals surface area contributed by atoms with Crippen molar-refractivity contribution in [1.82, 2.24) is 19.4 Å². The first-order valence-electron chi connectivity index (χ1n) is 10.8. The highest BCUT2D eigenvalue weighted by molar-refractivity contribution is 7.71. The minimum absolute atomic E-state index is 0.0511. The molecule has 0 unspecified atom stereocenters. The molecule has 0 atom stereocenters. The number of hydrogen-bond donors (Lipinski definition) is 1. The van der Waals surface area contributed by atoms with Crippen LogP contribution in [0, 0.1) is 4.77 Å². The van der Waals surface area contributed by atoms with Gasteiger partial charge in [-0.05, 0) is 43.6 Å². The van der Waals surface area contributed by atoms with Gasteiger partial charge < -0.3 is 14.8 Å². The lowest BCUT2D eigenvalue weighted by Crippen LogP contribution is -2.35. The number of thiazole rings is 1. The van der Waals surface area contributed by atoms with Crippen molar-refractivity contribution in [2.45, 2.75) is 38.6 Å². The van der Waals surface area contributed by atoms with E-state index in [1.807, 2.05) is 40.7 Å². The zero-order valence-corrected chi connectivity index (χ0v) is 19.1. The van der Waals surface area contributed by atoms with E-state index in [-0.39, 0.29) is 11.5 Å². The van der Waals surface area contributed by atoms with Gasteiger partial charge in [-0.1, -0.05) is 18.6 Å². The normalized spacial score (nSPS) is 14.7. The number of aromatic amines is 1. The molecule has 4 rings (SSSR count). The van der Waals surface area contributed by atoms with Crippen molar-refractivity contribution in [2.75, 3.05) is 31.1 Å². The van der Waals surface area contributed by atoms with Crippen molar-refractivity contribution >= 4 is 45.5 Å². The van der Waals surface area contributed by atoms with Crippen LogP contribution in [0.2, 0.25) is 0 Å². The second-order valence-corrected chi connectivity index (χ2v) is 9.04. The molecule has 1 amide bonds. The van der Waals surface area contributed by atoms with Crippen molar-refractivity contribution in [3.63, 3.8) is 0 Å². The average Bonchev–Trinajstić information content (AvgIpc) is 3.20. The highest BCUT2D eigenvalue weighted by Gasteiger charge is 2.19. The number of carbonyl (C=O) groups is 1. The lowest BCUT2D eigenvalue weighted by atomic mass is 10.1. The number of hydrogen-bond acceptors (Lipinski definition) is 6. The molecule has 2 aromatic heterocycles. The maximum absolute atomic E-state index is 12.7. The largest absolute Gasteiger partial charge is 0.346 e. The third kappa shape index (κ3) is 5.22. The Bertz CT molecular complexity index is 1140. The number of nitrogens with one attached hydrogen (secondary N) is 1. The summed E-state index contributed by atoms with van der Waals surface area (Å²) in [6, 6.07) is 7.42. The van der Waals surface area contributed by atoms with Crippen LogP contribution in [0.4, 0.5) is 5.13 Å². The van der Waals surface area contributed by atoms with E-state index in [0.717, 1.165) is 62.5 Å². The van der Waals surface area contributed by atoms with Crippen molar-refractivity contribution < 1.29 is 4.79 Å². The topological polar surface area (TPSA) is 74.2 Å². The molecule has 1 N–H and O–H groups in total. The van der Waals surface area contributed by atoms with Gasteiger partial charge in [0.15, 0.2) is 9.90 Å². The number of unbranched alkanes of at least 4 members (excludes halogenated alkanes) is 2. The van der Waals surface area contributed by atoms with Gasteiger partial charge in [-0.15, -0.1) is 11.3 Å². The van der Waals surface area contributed by atoms with Gasteiger partial charge in [-0.2, -0.15) is 0 Å². The summed E-state index contributed by atoms with van der Waals surface area (Å²) in [5.74, 6) is 0.223. The van der Waals surface area contributed by atoms with E-state index in [9.17, 15) is 9.59 Å². The van der Waals surface area contributed by atoms with Gasteiger partial charge in [0.05, 0.1) is 10.9 Å².